The highest BCUT2D eigenvalue weighted by Crippen LogP contribution is 2.17. The topological polar surface area (TPSA) is 72.8 Å². The molecule has 0 rings (SSSR count). The van der Waals surface area contributed by atoms with E-state index in [0.29, 0.717) is 12.8 Å². The Morgan fingerprint density at radius 3 is 1.00 bits per heavy atom. The molecule has 5 nitrogen and oxygen atoms in total. The van der Waals surface area contributed by atoms with Crippen molar-refractivity contribution in [1.29, 1.82) is 0 Å². The molecule has 1 unspecified atom stereocenters. The Hall–Kier alpha value is -2.66. The van der Waals surface area contributed by atoms with Gasteiger partial charge in [0.25, 0.3) is 0 Å². The van der Waals surface area contributed by atoms with Crippen molar-refractivity contribution in [3.8, 4) is 0 Å². The van der Waals surface area contributed by atoms with Crippen molar-refractivity contribution in [3.63, 3.8) is 0 Å². The van der Waals surface area contributed by atoms with E-state index in [2.05, 4.69) is 74.6 Å². The molecule has 0 bridgehead atoms. The molecule has 1 N–H and O–H groups in total. The summed E-state index contributed by atoms with van der Waals surface area (Å²) < 4.78 is 10.6. The van der Waals surface area contributed by atoms with E-state index in [9.17, 15) is 14.7 Å². The molecule has 0 aliphatic carbocycles. The zero-order valence-electron chi connectivity index (χ0n) is 41.6. The SMILES string of the molecule is CC/C=C\C/C=C\C/C=C\C/C=C\C/C=C\C/C=C\CCC(=O)OC(CO)COC(=O)CCCCCCCCCCCCCCCCCCCCCCCCCCCCCCCC. The van der Waals surface area contributed by atoms with E-state index in [4.69, 9.17) is 9.47 Å². The summed E-state index contributed by atoms with van der Waals surface area (Å²) in [4.78, 5) is 24.4. The third-order valence-electron chi connectivity index (χ3n) is 11.8. The Morgan fingerprint density at radius 2 is 0.683 bits per heavy atom. The zero-order valence-corrected chi connectivity index (χ0v) is 41.6. The molecule has 0 heterocycles. The van der Waals surface area contributed by atoms with Crippen molar-refractivity contribution in [2.45, 2.75) is 270 Å². The number of carbonyl (C=O) groups excluding carboxylic acids is 2. The Kier molecular flexibility index (Phi) is 51.4. The van der Waals surface area contributed by atoms with Crippen LogP contribution in [0.2, 0.25) is 0 Å². The fourth-order valence-electron chi connectivity index (χ4n) is 7.76. The van der Waals surface area contributed by atoms with Gasteiger partial charge in [0.05, 0.1) is 6.61 Å². The van der Waals surface area contributed by atoms with Crippen LogP contribution in [0.3, 0.4) is 0 Å². The van der Waals surface area contributed by atoms with Crippen LogP contribution in [0.15, 0.2) is 72.9 Å². The van der Waals surface area contributed by atoms with Crippen molar-refractivity contribution < 1.29 is 24.2 Å². The van der Waals surface area contributed by atoms with Gasteiger partial charge in [-0.3, -0.25) is 9.59 Å². The molecule has 0 aromatic rings. The predicted octanol–water partition coefficient (Wildman–Crippen LogP) is 18.0. The highest BCUT2D eigenvalue weighted by molar-refractivity contribution is 5.70. The molecule has 0 saturated heterocycles. The van der Waals surface area contributed by atoms with Gasteiger partial charge in [-0.2, -0.15) is 0 Å². The van der Waals surface area contributed by atoms with Crippen molar-refractivity contribution in [2.24, 2.45) is 0 Å². The van der Waals surface area contributed by atoms with Crippen LogP contribution in [0.4, 0.5) is 0 Å². The zero-order chi connectivity index (χ0) is 45.6. The average molecular weight is 879 g/mol. The standard InChI is InChI=1S/C58H102O5/c1-3-5-7-9-11-13-15-17-19-21-23-24-25-26-27-28-29-30-31-32-33-35-36-38-40-42-44-46-48-50-52-57(60)62-55-56(54-59)63-58(61)53-51-49-47-45-43-41-39-37-34-22-20-18-16-14-12-10-8-6-4-2/h6,8,12,14,18,20,34,37,41,43,47,49,56,59H,3-5,7,9-11,13,15-17,19,21-33,35-36,38-40,42,44-46,48,50-55H2,1-2H3/b8-6-,14-12-,20-18-,37-34-,43-41-,49-47-. The van der Waals surface area contributed by atoms with Crippen LogP contribution in [0.5, 0.6) is 0 Å². The maximum absolute atomic E-state index is 12.2. The third kappa shape index (κ3) is 51.9. The van der Waals surface area contributed by atoms with Crippen LogP contribution in [-0.4, -0.2) is 36.4 Å². The summed E-state index contributed by atoms with van der Waals surface area (Å²) in [5, 5.41) is 9.61. The second kappa shape index (κ2) is 53.7. The van der Waals surface area contributed by atoms with Crippen LogP contribution in [0, 0.1) is 0 Å². The largest absolute Gasteiger partial charge is 0.462 e. The molecule has 0 spiro atoms. The minimum atomic E-state index is -0.815. The van der Waals surface area contributed by atoms with Crippen LogP contribution in [-0.2, 0) is 19.1 Å². The minimum absolute atomic E-state index is 0.0967. The molecule has 0 amide bonds. The van der Waals surface area contributed by atoms with E-state index >= 15 is 0 Å². The molecule has 0 aromatic carbocycles. The van der Waals surface area contributed by atoms with E-state index in [1.165, 1.54) is 173 Å². The van der Waals surface area contributed by atoms with E-state index < -0.39 is 12.1 Å². The van der Waals surface area contributed by atoms with Crippen LogP contribution in [0.1, 0.15) is 264 Å². The lowest BCUT2D eigenvalue weighted by Crippen LogP contribution is -2.28. The van der Waals surface area contributed by atoms with Crippen molar-refractivity contribution >= 4 is 11.9 Å². The number of esters is 2. The average Bonchev–Trinajstić information content (AvgIpc) is 3.29. The Morgan fingerprint density at radius 1 is 0.381 bits per heavy atom. The Balaban J connectivity index is 3.51. The van der Waals surface area contributed by atoms with Gasteiger partial charge in [0.2, 0.25) is 0 Å². The van der Waals surface area contributed by atoms with Crippen LogP contribution in [0.25, 0.3) is 0 Å². The highest BCUT2D eigenvalue weighted by Gasteiger charge is 2.15. The van der Waals surface area contributed by atoms with Gasteiger partial charge in [0.1, 0.15) is 6.61 Å². The second-order valence-electron chi connectivity index (χ2n) is 17.9. The number of rotatable bonds is 49. The number of allylic oxidation sites excluding steroid dienone is 12. The van der Waals surface area contributed by atoms with Gasteiger partial charge >= 0.3 is 11.9 Å². The smallest absolute Gasteiger partial charge is 0.306 e. The number of carbonyl (C=O) groups is 2. The van der Waals surface area contributed by atoms with Gasteiger partial charge in [-0.05, 0) is 51.4 Å². The van der Waals surface area contributed by atoms with E-state index in [-0.39, 0.29) is 25.6 Å². The van der Waals surface area contributed by atoms with Gasteiger partial charge in [0.15, 0.2) is 6.10 Å². The summed E-state index contributed by atoms with van der Waals surface area (Å²) >= 11 is 0. The van der Waals surface area contributed by atoms with Crippen LogP contribution < -0.4 is 0 Å². The molecule has 0 aliphatic heterocycles. The molecule has 0 saturated carbocycles. The summed E-state index contributed by atoms with van der Waals surface area (Å²) in [5.41, 5.74) is 0. The summed E-state index contributed by atoms with van der Waals surface area (Å²) in [7, 11) is 0. The Bertz CT molecular complexity index is 1130. The lowest BCUT2D eigenvalue weighted by molar-refractivity contribution is -0.161. The van der Waals surface area contributed by atoms with Gasteiger partial charge in [-0.25, -0.2) is 0 Å². The maximum Gasteiger partial charge on any atom is 0.306 e. The molecule has 0 fully saturated rings. The summed E-state index contributed by atoms with van der Waals surface area (Å²) in [5.74, 6) is -0.682. The molecule has 0 aliphatic rings. The number of ether oxygens (including phenoxy) is 2. The third-order valence-corrected chi connectivity index (χ3v) is 11.8. The first-order valence-electron chi connectivity index (χ1n) is 27.0. The molecule has 63 heavy (non-hydrogen) atoms. The second-order valence-corrected chi connectivity index (χ2v) is 17.9. The van der Waals surface area contributed by atoms with Crippen LogP contribution >= 0.6 is 0 Å². The number of hydrogen-bond donors (Lipinski definition) is 1. The van der Waals surface area contributed by atoms with Gasteiger partial charge in [-0.1, -0.05) is 273 Å². The summed E-state index contributed by atoms with van der Waals surface area (Å²) in [6.45, 7) is 3.99. The molecule has 0 aromatic heterocycles. The molecule has 0 radical (unpaired) electrons. The first kappa shape index (κ1) is 60.3. The lowest BCUT2D eigenvalue weighted by atomic mass is 10.0. The number of hydrogen-bond acceptors (Lipinski definition) is 5. The molecule has 364 valence electrons. The van der Waals surface area contributed by atoms with E-state index in [1.807, 2.05) is 12.2 Å². The summed E-state index contributed by atoms with van der Waals surface area (Å²) in [6.07, 6.45) is 73.2. The van der Waals surface area contributed by atoms with Gasteiger partial charge in [-0.15, -0.1) is 0 Å². The van der Waals surface area contributed by atoms with Crippen molar-refractivity contribution in [1.82, 2.24) is 0 Å². The highest BCUT2D eigenvalue weighted by atomic mass is 16.6. The van der Waals surface area contributed by atoms with E-state index in [1.54, 1.807) is 0 Å². The first-order chi connectivity index (χ1) is 31.1. The first-order valence-corrected chi connectivity index (χ1v) is 27.0. The summed E-state index contributed by atoms with van der Waals surface area (Å²) in [6, 6.07) is 0. The van der Waals surface area contributed by atoms with Gasteiger partial charge < -0.3 is 14.6 Å². The van der Waals surface area contributed by atoms with Crippen molar-refractivity contribution in [2.75, 3.05) is 13.2 Å². The Labute approximate surface area is 391 Å². The lowest BCUT2D eigenvalue weighted by Gasteiger charge is -2.15. The quantitative estimate of drug-likeness (QED) is 0.0374. The van der Waals surface area contributed by atoms with Crippen molar-refractivity contribution in [3.05, 3.63) is 72.9 Å². The number of aliphatic hydroxyl groups excluding tert-OH is 1. The minimum Gasteiger partial charge on any atom is -0.462 e. The predicted molar refractivity (Wildman–Crippen MR) is 274 cm³/mol. The molecule has 1 atom stereocenters. The normalized spacial score (nSPS) is 12.7. The fourth-order valence-corrected chi connectivity index (χ4v) is 7.76. The molecular weight excluding hydrogens is 777 g/mol. The van der Waals surface area contributed by atoms with Gasteiger partial charge in [0, 0.05) is 12.8 Å². The number of aliphatic hydroxyl groups is 1. The molecular formula is C58H102O5. The fraction of sp³-hybridized carbons (Fsp3) is 0.759. The maximum atomic E-state index is 12.2. The number of unbranched alkanes of at least 4 members (excludes halogenated alkanes) is 29. The van der Waals surface area contributed by atoms with E-state index in [0.717, 1.165) is 57.8 Å². The molecule has 5 heteroatoms. The monoisotopic (exact) mass is 879 g/mol.